The van der Waals surface area contributed by atoms with Crippen molar-refractivity contribution in [3.63, 3.8) is 0 Å². The summed E-state index contributed by atoms with van der Waals surface area (Å²) >= 11 is 1.71. The van der Waals surface area contributed by atoms with Crippen LogP contribution in [0, 0.1) is 0 Å². The van der Waals surface area contributed by atoms with Crippen molar-refractivity contribution in [2.75, 3.05) is 20.2 Å². The lowest BCUT2D eigenvalue weighted by molar-refractivity contribution is 0.0559. The van der Waals surface area contributed by atoms with Crippen molar-refractivity contribution in [3.8, 4) is 5.88 Å². The van der Waals surface area contributed by atoms with E-state index in [1.54, 1.807) is 24.6 Å². The molecule has 7 heteroatoms. The van der Waals surface area contributed by atoms with Crippen LogP contribution in [0.2, 0.25) is 0 Å². The second-order valence-electron chi connectivity index (χ2n) is 7.31. The molecule has 5 rings (SSSR count). The molecular formula is C21H22N4O2S. The molecule has 2 aliphatic heterocycles. The fourth-order valence-electron chi connectivity index (χ4n) is 4.45. The molecule has 0 spiro atoms. The van der Waals surface area contributed by atoms with Gasteiger partial charge in [0.05, 0.1) is 25.7 Å². The van der Waals surface area contributed by atoms with Crippen LogP contribution in [0.3, 0.4) is 0 Å². The molecule has 0 radical (unpaired) electrons. The summed E-state index contributed by atoms with van der Waals surface area (Å²) in [7, 11) is 1.66. The van der Waals surface area contributed by atoms with Gasteiger partial charge in [0, 0.05) is 42.5 Å². The highest BCUT2D eigenvalue weighted by atomic mass is 32.1. The summed E-state index contributed by atoms with van der Waals surface area (Å²) in [6, 6.07) is 12.5. The van der Waals surface area contributed by atoms with Gasteiger partial charge in [-0.3, -0.25) is 9.69 Å². The van der Waals surface area contributed by atoms with Gasteiger partial charge < -0.3 is 14.2 Å². The van der Waals surface area contributed by atoms with Gasteiger partial charge in [-0.05, 0) is 29.6 Å². The average molecular weight is 395 g/mol. The highest BCUT2D eigenvalue weighted by Crippen LogP contribution is 2.36. The van der Waals surface area contributed by atoms with Crippen LogP contribution in [0.5, 0.6) is 5.88 Å². The number of carbonyl (C=O) groups is 1. The van der Waals surface area contributed by atoms with Crippen LogP contribution in [0.4, 0.5) is 0 Å². The molecule has 0 aliphatic carbocycles. The van der Waals surface area contributed by atoms with Crippen LogP contribution in [0.1, 0.15) is 27.0 Å². The van der Waals surface area contributed by atoms with E-state index in [1.165, 1.54) is 4.88 Å². The Bertz CT molecular complexity index is 984. The Hall–Kier alpha value is -2.64. The zero-order chi connectivity index (χ0) is 19.1. The van der Waals surface area contributed by atoms with Gasteiger partial charge in [-0.2, -0.15) is 0 Å². The van der Waals surface area contributed by atoms with Crippen molar-refractivity contribution >= 4 is 17.2 Å². The molecule has 0 aromatic carbocycles. The Morgan fingerprint density at radius 1 is 1.14 bits per heavy atom. The van der Waals surface area contributed by atoms with Crippen LogP contribution in [-0.4, -0.2) is 51.5 Å². The zero-order valence-corrected chi connectivity index (χ0v) is 16.5. The minimum absolute atomic E-state index is 0.125. The van der Waals surface area contributed by atoms with E-state index < -0.39 is 0 Å². The van der Waals surface area contributed by atoms with Crippen LogP contribution in [0.15, 0.2) is 54.2 Å². The molecule has 5 heterocycles. The first-order valence-electron chi connectivity index (χ1n) is 9.45. The number of pyridine rings is 1. The van der Waals surface area contributed by atoms with E-state index in [1.807, 2.05) is 30.5 Å². The van der Waals surface area contributed by atoms with Crippen molar-refractivity contribution < 1.29 is 9.53 Å². The van der Waals surface area contributed by atoms with Gasteiger partial charge in [0.15, 0.2) is 0 Å². The number of thiophene rings is 1. The SMILES string of the molecule is COc1ncccc1CN1C[C@@H]2[C@@H](C1)n1cccc1C(=O)N2Cc1cccs1. The molecule has 0 unspecified atom stereocenters. The number of carbonyl (C=O) groups excluding carboxylic acids is 1. The standard InChI is InChI=1S/C21H22N4O2S/c1-27-20-15(5-2-8-22-20)11-23-13-18-19(14-23)25(12-16-6-4-10-28-16)21(26)17-7-3-9-24(17)18/h2-10,18-19H,11-14H2,1H3/t18-,19-/m1/s1. The van der Waals surface area contributed by atoms with Crippen molar-refractivity contribution in [1.29, 1.82) is 0 Å². The third kappa shape index (κ3) is 2.91. The van der Waals surface area contributed by atoms with E-state index in [0.717, 1.165) is 30.9 Å². The zero-order valence-electron chi connectivity index (χ0n) is 15.7. The van der Waals surface area contributed by atoms with E-state index in [2.05, 4.69) is 36.9 Å². The predicted molar refractivity (Wildman–Crippen MR) is 108 cm³/mol. The molecule has 28 heavy (non-hydrogen) atoms. The van der Waals surface area contributed by atoms with E-state index in [9.17, 15) is 4.79 Å². The lowest BCUT2D eigenvalue weighted by atomic mass is 10.1. The summed E-state index contributed by atoms with van der Waals surface area (Å²) in [5, 5.41) is 2.07. The Balaban J connectivity index is 1.43. The molecule has 0 N–H and O–H groups in total. The van der Waals surface area contributed by atoms with Crippen LogP contribution >= 0.6 is 11.3 Å². The lowest BCUT2D eigenvalue weighted by Crippen LogP contribution is -2.49. The molecule has 0 saturated carbocycles. The monoisotopic (exact) mass is 394 g/mol. The largest absolute Gasteiger partial charge is 0.481 e. The second-order valence-corrected chi connectivity index (χ2v) is 8.35. The second kappa shape index (κ2) is 7.07. The number of methoxy groups -OCH3 is 1. The maximum absolute atomic E-state index is 13.2. The maximum Gasteiger partial charge on any atom is 0.271 e. The van der Waals surface area contributed by atoms with Crippen LogP contribution in [0.25, 0.3) is 0 Å². The van der Waals surface area contributed by atoms with Gasteiger partial charge in [0.25, 0.3) is 5.91 Å². The highest BCUT2D eigenvalue weighted by Gasteiger charge is 2.45. The summed E-state index contributed by atoms with van der Waals surface area (Å²) in [5.41, 5.74) is 1.87. The number of fused-ring (bicyclic) bond motifs is 3. The number of amides is 1. The van der Waals surface area contributed by atoms with E-state index in [0.29, 0.717) is 12.4 Å². The average Bonchev–Trinajstić information content (AvgIpc) is 3.45. The molecule has 3 aromatic heterocycles. The number of hydrogen-bond donors (Lipinski definition) is 0. The van der Waals surface area contributed by atoms with Gasteiger partial charge in [-0.15, -0.1) is 11.3 Å². The number of aromatic nitrogens is 2. The lowest BCUT2D eigenvalue weighted by Gasteiger charge is -2.38. The number of hydrogen-bond acceptors (Lipinski definition) is 5. The Labute approximate surface area is 168 Å². The molecule has 144 valence electrons. The summed E-state index contributed by atoms with van der Waals surface area (Å²) in [6.45, 7) is 3.19. The van der Waals surface area contributed by atoms with Crippen molar-refractivity contribution in [3.05, 3.63) is 70.3 Å². The van der Waals surface area contributed by atoms with Gasteiger partial charge >= 0.3 is 0 Å². The Morgan fingerprint density at radius 2 is 2.04 bits per heavy atom. The molecule has 1 amide bonds. The number of rotatable bonds is 5. The maximum atomic E-state index is 13.2. The summed E-state index contributed by atoms with van der Waals surface area (Å²) in [4.78, 5) is 23.2. The number of ether oxygens (including phenoxy) is 1. The molecule has 2 aliphatic rings. The van der Waals surface area contributed by atoms with E-state index in [-0.39, 0.29) is 18.0 Å². The third-order valence-corrected chi connectivity index (χ3v) is 6.56. The van der Waals surface area contributed by atoms with Gasteiger partial charge in [0.1, 0.15) is 5.69 Å². The van der Waals surface area contributed by atoms with E-state index >= 15 is 0 Å². The number of nitrogens with zero attached hydrogens (tertiary/aromatic N) is 4. The molecule has 6 nitrogen and oxygen atoms in total. The van der Waals surface area contributed by atoms with Crippen molar-refractivity contribution in [2.45, 2.75) is 25.2 Å². The van der Waals surface area contributed by atoms with E-state index in [4.69, 9.17) is 4.74 Å². The Kier molecular flexibility index (Phi) is 4.41. The molecule has 2 atom stereocenters. The van der Waals surface area contributed by atoms with Crippen LogP contribution in [-0.2, 0) is 13.1 Å². The predicted octanol–water partition coefficient (Wildman–Crippen LogP) is 3.03. The van der Waals surface area contributed by atoms with Gasteiger partial charge in [0.2, 0.25) is 5.88 Å². The normalized spacial score (nSPS) is 21.6. The topological polar surface area (TPSA) is 50.6 Å². The van der Waals surface area contributed by atoms with Crippen molar-refractivity contribution in [1.82, 2.24) is 19.4 Å². The van der Waals surface area contributed by atoms with Gasteiger partial charge in [-0.1, -0.05) is 12.1 Å². The minimum Gasteiger partial charge on any atom is -0.481 e. The first kappa shape index (κ1) is 17.5. The fraction of sp³-hybridized carbons (Fsp3) is 0.333. The van der Waals surface area contributed by atoms with Crippen molar-refractivity contribution in [2.24, 2.45) is 0 Å². The highest BCUT2D eigenvalue weighted by molar-refractivity contribution is 7.09. The first-order chi connectivity index (χ1) is 13.7. The molecule has 1 saturated heterocycles. The quantitative estimate of drug-likeness (QED) is 0.668. The Morgan fingerprint density at radius 3 is 2.86 bits per heavy atom. The van der Waals surface area contributed by atoms with Crippen LogP contribution < -0.4 is 4.74 Å². The molecule has 3 aromatic rings. The summed E-state index contributed by atoms with van der Waals surface area (Å²) in [6.07, 6.45) is 3.79. The minimum atomic E-state index is 0.125. The molecular weight excluding hydrogens is 372 g/mol. The summed E-state index contributed by atoms with van der Waals surface area (Å²) in [5.74, 6) is 0.797. The third-order valence-electron chi connectivity index (χ3n) is 5.69. The molecule has 0 bridgehead atoms. The first-order valence-corrected chi connectivity index (χ1v) is 10.3. The smallest absolute Gasteiger partial charge is 0.271 e. The fourth-order valence-corrected chi connectivity index (χ4v) is 5.15. The van der Waals surface area contributed by atoms with Gasteiger partial charge in [-0.25, -0.2) is 4.98 Å². The molecule has 1 fully saturated rings. The number of likely N-dealkylation sites (tertiary alicyclic amines) is 1. The summed E-state index contributed by atoms with van der Waals surface area (Å²) < 4.78 is 7.59.